The third-order valence-electron chi connectivity index (χ3n) is 5.02. The smallest absolute Gasteiger partial charge is 0.274 e. The van der Waals surface area contributed by atoms with Gasteiger partial charge < -0.3 is 9.88 Å². The summed E-state index contributed by atoms with van der Waals surface area (Å²) in [7, 11) is 0. The van der Waals surface area contributed by atoms with Gasteiger partial charge in [-0.3, -0.25) is 14.8 Å². The predicted octanol–water partition coefficient (Wildman–Crippen LogP) is 4.13. The summed E-state index contributed by atoms with van der Waals surface area (Å²) in [6, 6.07) is 12.3. The summed E-state index contributed by atoms with van der Waals surface area (Å²) in [5.41, 5.74) is 2.01. The Labute approximate surface area is 171 Å². The zero-order valence-corrected chi connectivity index (χ0v) is 15.9. The molecule has 0 spiro atoms. The summed E-state index contributed by atoms with van der Waals surface area (Å²) in [5, 5.41) is 10.7. The molecule has 1 fully saturated rings. The van der Waals surface area contributed by atoms with Gasteiger partial charge in [-0.1, -0.05) is 12.1 Å². The second-order valence-electron chi connectivity index (χ2n) is 7.05. The highest BCUT2D eigenvalue weighted by atomic mass is 19.1. The van der Waals surface area contributed by atoms with Crippen molar-refractivity contribution < 1.29 is 9.18 Å². The average Bonchev–Trinajstić information content (AvgIpc) is 3.52. The van der Waals surface area contributed by atoms with Crippen molar-refractivity contribution in [2.24, 2.45) is 0 Å². The maximum absolute atomic E-state index is 15.3. The molecular weight excluding hydrogens is 383 g/mol. The van der Waals surface area contributed by atoms with Crippen LogP contribution < -0.4 is 5.32 Å². The molecule has 1 aliphatic carbocycles. The maximum Gasteiger partial charge on any atom is 0.274 e. The Bertz CT molecular complexity index is 1220. The fourth-order valence-corrected chi connectivity index (χ4v) is 3.39. The predicted molar refractivity (Wildman–Crippen MR) is 109 cm³/mol. The Morgan fingerprint density at radius 1 is 1.03 bits per heavy atom. The molecule has 7 nitrogen and oxygen atoms in total. The first-order chi connectivity index (χ1) is 14.7. The number of amides is 1. The van der Waals surface area contributed by atoms with Gasteiger partial charge in [-0.05, 0) is 48.7 Å². The molecule has 0 unspecified atom stereocenters. The Morgan fingerprint density at radius 2 is 1.83 bits per heavy atom. The molecule has 3 aromatic heterocycles. The first-order valence-electron chi connectivity index (χ1n) is 9.57. The molecule has 0 bridgehead atoms. The quantitative estimate of drug-likeness (QED) is 0.544. The highest BCUT2D eigenvalue weighted by Gasteiger charge is 2.28. The van der Waals surface area contributed by atoms with Crippen LogP contribution in [0.2, 0.25) is 0 Å². The summed E-state index contributed by atoms with van der Waals surface area (Å²) in [6.07, 6.45) is 8.49. The summed E-state index contributed by atoms with van der Waals surface area (Å²) in [6.45, 7) is 0. The number of hydrogen-bond acceptors (Lipinski definition) is 5. The SMILES string of the molecule is O=C(Nc1cccc(-c2nncn2C2CC2)c1F)c1ncccc1-c1ccncc1. The van der Waals surface area contributed by atoms with Crippen LogP contribution in [0, 0.1) is 5.82 Å². The Balaban J connectivity index is 1.48. The molecule has 30 heavy (non-hydrogen) atoms. The van der Waals surface area contributed by atoms with E-state index in [4.69, 9.17) is 0 Å². The zero-order valence-electron chi connectivity index (χ0n) is 15.9. The monoisotopic (exact) mass is 400 g/mol. The van der Waals surface area contributed by atoms with Crippen LogP contribution >= 0.6 is 0 Å². The van der Waals surface area contributed by atoms with E-state index in [1.54, 1.807) is 55.1 Å². The largest absolute Gasteiger partial charge is 0.318 e. The molecule has 1 aromatic carbocycles. The van der Waals surface area contributed by atoms with Gasteiger partial charge in [0, 0.05) is 30.2 Å². The van der Waals surface area contributed by atoms with E-state index < -0.39 is 11.7 Å². The molecule has 0 saturated heterocycles. The fourth-order valence-electron chi connectivity index (χ4n) is 3.39. The number of nitrogens with zero attached hydrogens (tertiary/aromatic N) is 5. The van der Waals surface area contributed by atoms with E-state index in [2.05, 4.69) is 25.5 Å². The van der Waals surface area contributed by atoms with Gasteiger partial charge in [0.25, 0.3) is 5.91 Å². The minimum absolute atomic E-state index is 0.0641. The lowest BCUT2D eigenvalue weighted by molar-refractivity contribution is 0.102. The number of rotatable bonds is 5. The molecule has 1 N–H and O–H groups in total. The van der Waals surface area contributed by atoms with Crippen LogP contribution in [-0.2, 0) is 0 Å². The van der Waals surface area contributed by atoms with E-state index in [1.165, 1.54) is 12.3 Å². The molecule has 5 rings (SSSR count). The summed E-state index contributed by atoms with van der Waals surface area (Å²) < 4.78 is 17.2. The van der Waals surface area contributed by atoms with Crippen molar-refractivity contribution in [3.8, 4) is 22.5 Å². The number of carbonyl (C=O) groups is 1. The first kappa shape index (κ1) is 18.1. The molecular formula is C22H17FN6O. The molecule has 1 amide bonds. The van der Waals surface area contributed by atoms with Crippen molar-refractivity contribution in [2.45, 2.75) is 18.9 Å². The average molecular weight is 400 g/mol. The van der Waals surface area contributed by atoms with E-state index in [-0.39, 0.29) is 11.4 Å². The van der Waals surface area contributed by atoms with Crippen molar-refractivity contribution in [1.82, 2.24) is 24.7 Å². The Hall–Kier alpha value is -3.94. The van der Waals surface area contributed by atoms with Crippen LogP contribution in [0.5, 0.6) is 0 Å². The number of aromatic nitrogens is 5. The zero-order chi connectivity index (χ0) is 20.5. The lowest BCUT2D eigenvalue weighted by atomic mass is 10.0. The van der Waals surface area contributed by atoms with Gasteiger partial charge in [-0.15, -0.1) is 10.2 Å². The number of nitrogens with one attached hydrogen (secondary N) is 1. The van der Waals surface area contributed by atoms with Gasteiger partial charge in [0.1, 0.15) is 12.0 Å². The van der Waals surface area contributed by atoms with E-state index in [1.807, 2.05) is 4.57 Å². The molecule has 1 saturated carbocycles. The topological polar surface area (TPSA) is 85.6 Å². The van der Waals surface area contributed by atoms with Crippen LogP contribution in [0.4, 0.5) is 10.1 Å². The summed E-state index contributed by atoms with van der Waals surface area (Å²) >= 11 is 0. The Morgan fingerprint density at radius 3 is 2.63 bits per heavy atom. The number of benzene rings is 1. The van der Waals surface area contributed by atoms with Gasteiger partial charge in [0.05, 0.1) is 11.3 Å². The molecule has 8 heteroatoms. The lowest BCUT2D eigenvalue weighted by Crippen LogP contribution is -2.16. The van der Waals surface area contributed by atoms with Crippen LogP contribution in [0.25, 0.3) is 22.5 Å². The van der Waals surface area contributed by atoms with Gasteiger partial charge in [0.2, 0.25) is 0 Å². The van der Waals surface area contributed by atoms with Gasteiger partial charge in [-0.25, -0.2) is 4.39 Å². The van der Waals surface area contributed by atoms with E-state index >= 15 is 4.39 Å². The molecule has 0 aliphatic heterocycles. The van der Waals surface area contributed by atoms with E-state index in [9.17, 15) is 4.79 Å². The minimum atomic E-state index is -0.554. The highest BCUT2D eigenvalue weighted by Crippen LogP contribution is 2.38. The molecule has 148 valence electrons. The lowest BCUT2D eigenvalue weighted by Gasteiger charge is -2.12. The third kappa shape index (κ3) is 3.32. The normalized spacial score (nSPS) is 13.2. The molecule has 4 aromatic rings. The van der Waals surface area contributed by atoms with Crippen molar-refractivity contribution in [3.05, 3.63) is 78.9 Å². The maximum atomic E-state index is 15.3. The Kier molecular flexibility index (Phi) is 4.51. The van der Waals surface area contributed by atoms with Crippen molar-refractivity contribution in [3.63, 3.8) is 0 Å². The van der Waals surface area contributed by atoms with Crippen molar-refractivity contribution in [2.75, 3.05) is 5.32 Å². The van der Waals surface area contributed by atoms with Crippen LogP contribution in [0.1, 0.15) is 29.4 Å². The number of hydrogen-bond donors (Lipinski definition) is 1. The fraction of sp³-hybridized carbons (Fsp3) is 0.136. The van der Waals surface area contributed by atoms with Gasteiger partial charge in [0.15, 0.2) is 11.6 Å². The standard InChI is InChI=1S/C22H17FN6O/c23-19-17(21-28-26-13-29(21)15-6-7-15)3-1-5-18(19)27-22(30)20-16(4-2-10-25-20)14-8-11-24-12-9-14/h1-5,8-13,15H,6-7H2,(H,27,30). The summed E-state index contributed by atoms with van der Waals surface area (Å²) in [4.78, 5) is 21.2. The molecule has 1 aliphatic rings. The first-order valence-corrected chi connectivity index (χ1v) is 9.57. The van der Waals surface area contributed by atoms with Gasteiger partial charge >= 0.3 is 0 Å². The number of carbonyl (C=O) groups excluding carboxylic acids is 1. The second kappa shape index (κ2) is 7.47. The summed E-state index contributed by atoms with van der Waals surface area (Å²) in [5.74, 6) is -0.592. The second-order valence-corrected chi connectivity index (χ2v) is 7.05. The van der Waals surface area contributed by atoms with Crippen LogP contribution in [0.3, 0.4) is 0 Å². The van der Waals surface area contributed by atoms with E-state index in [0.717, 1.165) is 18.4 Å². The van der Waals surface area contributed by atoms with Crippen molar-refractivity contribution in [1.29, 1.82) is 0 Å². The van der Waals surface area contributed by atoms with E-state index in [0.29, 0.717) is 23.0 Å². The highest BCUT2D eigenvalue weighted by molar-refractivity contribution is 6.07. The van der Waals surface area contributed by atoms with Crippen LogP contribution in [-0.4, -0.2) is 30.6 Å². The molecule has 0 atom stereocenters. The molecule has 3 heterocycles. The third-order valence-corrected chi connectivity index (χ3v) is 5.02. The van der Waals surface area contributed by atoms with Crippen LogP contribution in [0.15, 0.2) is 67.4 Å². The number of halogens is 1. The minimum Gasteiger partial charge on any atom is -0.318 e. The van der Waals surface area contributed by atoms with Crippen molar-refractivity contribution >= 4 is 11.6 Å². The number of pyridine rings is 2. The van der Waals surface area contributed by atoms with Gasteiger partial charge in [-0.2, -0.15) is 0 Å². The molecule has 0 radical (unpaired) electrons. The number of anilines is 1.